The lowest BCUT2D eigenvalue weighted by molar-refractivity contribution is -0.122. The van der Waals surface area contributed by atoms with Gasteiger partial charge in [0.2, 0.25) is 5.91 Å². The summed E-state index contributed by atoms with van der Waals surface area (Å²) in [6.45, 7) is 6.66. The summed E-state index contributed by atoms with van der Waals surface area (Å²) >= 11 is 0. The van der Waals surface area contributed by atoms with Crippen molar-refractivity contribution in [2.45, 2.75) is 51.6 Å². The van der Waals surface area contributed by atoms with Crippen LogP contribution >= 0.6 is 0 Å². The van der Waals surface area contributed by atoms with Crippen molar-refractivity contribution in [3.63, 3.8) is 0 Å². The monoisotopic (exact) mass is 415 g/mol. The molecule has 0 bridgehead atoms. The lowest BCUT2D eigenvalue weighted by Gasteiger charge is -2.32. The van der Waals surface area contributed by atoms with Crippen LogP contribution in [-0.2, 0) is 11.3 Å². The first-order chi connectivity index (χ1) is 14.7. The standard InChI is InChI=1S/C23H37N5O2/c1-3-12-25-22(29)16-28-13-10-20(11-14-28)27-23(24-2)26-15-19-6-4-5-7-21(19)30-17-18-8-9-18/h4-7,18,20H,3,8-17H2,1-2H3,(H,25,29)(H2,24,26,27). The Morgan fingerprint density at radius 3 is 2.63 bits per heavy atom. The van der Waals surface area contributed by atoms with Crippen LogP contribution in [0.3, 0.4) is 0 Å². The fourth-order valence-electron chi connectivity index (χ4n) is 3.61. The number of ether oxygens (including phenoxy) is 1. The molecule has 0 spiro atoms. The van der Waals surface area contributed by atoms with Gasteiger partial charge >= 0.3 is 0 Å². The Balaban J connectivity index is 1.40. The van der Waals surface area contributed by atoms with E-state index in [9.17, 15) is 4.79 Å². The molecule has 1 aromatic carbocycles. The van der Waals surface area contributed by atoms with E-state index in [-0.39, 0.29) is 5.91 Å². The number of hydrogen-bond acceptors (Lipinski definition) is 4. The Labute approximate surface area is 180 Å². The maximum atomic E-state index is 11.9. The van der Waals surface area contributed by atoms with E-state index in [0.29, 0.717) is 19.1 Å². The highest BCUT2D eigenvalue weighted by atomic mass is 16.5. The molecule has 1 aliphatic carbocycles. The molecule has 0 atom stereocenters. The first kappa shape index (κ1) is 22.4. The van der Waals surface area contributed by atoms with Gasteiger partial charge in [0.25, 0.3) is 0 Å². The number of carbonyl (C=O) groups excluding carboxylic acids is 1. The van der Waals surface area contributed by atoms with E-state index in [4.69, 9.17) is 4.74 Å². The van der Waals surface area contributed by atoms with Crippen LogP contribution in [0.4, 0.5) is 0 Å². The van der Waals surface area contributed by atoms with Crippen LogP contribution < -0.4 is 20.7 Å². The number of piperidine rings is 1. The number of guanidine groups is 1. The minimum Gasteiger partial charge on any atom is -0.493 e. The van der Waals surface area contributed by atoms with Gasteiger partial charge in [-0.1, -0.05) is 25.1 Å². The number of nitrogens with one attached hydrogen (secondary N) is 3. The smallest absolute Gasteiger partial charge is 0.234 e. The van der Waals surface area contributed by atoms with Crippen molar-refractivity contribution < 1.29 is 9.53 Å². The van der Waals surface area contributed by atoms with E-state index >= 15 is 0 Å². The van der Waals surface area contributed by atoms with Gasteiger partial charge in [-0.15, -0.1) is 0 Å². The van der Waals surface area contributed by atoms with E-state index < -0.39 is 0 Å². The average molecular weight is 416 g/mol. The Bertz CT molecular complexity index is 697. The third-order valence-corrected chi connectivity index (χ3v) is 5.68. The summed E-state index contributed by atoms with van der Waals surface area (Å²) in [6.07, 6.45) is 5.56. The highest BCUT2D eigenvalue weighted by Crippen LogP contribution is 2.30. The molecular formula is C23H37N5O2. The van der Waals surface area contributed by atoms with Gasteiger partial charge in [-0.25, -0.2) is 0 Å². The van der Waals surface area contributed by atoms with Crippen molar-refractivity contribution >= 4 is 11.9 Å². The highest BCUT2D eigenvalue weighted by Gasteiger charge is 2.23. The van der Waals surface area contributed by atoms with Gasteiger partial charge in [-0.3, -0.25) is 14.7 Å². The average Bonchev–Trinajstić information content (AvgIpc) is 3.60. The van der Waals surface area contributed by atoms with Crippen LogP contribution in [0.25, 0.3) is 0 Å². The largest absolute Gasteiger partial charge is 0.493 e. The lowest BCUT2D eigenvalue weighted by atomic mass is 10.1. The van der Waals surface area contributed by atoms with Crippen molar-refractivity contribution in [3.05, 3.63) is 29.8 Å². The van der Waals surface area contributed by atoms with Crippen LogP contribution in [0.15, 0.2) is 29.3 Å². The third-order valence-electron chi connectivity index (χ3n) is 5.68. The molecule has 7 heteroatoms. The molecule has 166 valence electrons. The number of amides is 1. The molecule has 1 aliphatic heterocycles. The summed E-state index contributed by atoms with van der Waals surface area (Å²) in [4.78, 5) is 18.5. The molecule has 7 nitrogen and oxygen atoms in total. The fourth-order valence-corrected chi connectivity index (χ4v) is 3.61. The molecule has 1 heterocycles. The molecule has 3 rings (SSSR count). The molecule has 1 amide bonds. The van der Waals surface area contributed by atoms with E-state index in [2.05, 4.69) is 38.8 Å². The van der Waals surface area contributed by atoms with Gasteiger partial charge in [0.05, 0.1) is 13.2 Å². The van der Waals surface area contributed by atoms with Crippen molar-refractivity contribution in [2.75, 3.05) is 39.8 Å². The zero-order valence-electron chi connectivity index (χ0n) is 18.5. The van der Waals surface area contributed by atoms with Crippen molar-refractivity contribution in [1.82, 2.24) is 20.9 Å². The second-order valence-electron chi connectivity index (χ2n) is 8.33. The topological polar surface area (TPSA) is 78.0 Å². The Morgan fingerprint density at radius 1 is 1.17 bits per heavy atom. The van der Waals surface area contributed by atoms with Gasteiger partial charge in [0.15, 0.2) is 5.96 Å². The minimum absolute atomic E-state index is 0.128. The molecule has 2 aliphatic rings. The number of nitrogens with zero attached hydrogens (tertiary/aromatic N) is 2. The number of para-hydroxylation sites is 1. The van der Waals surface area contributed by atoms with Crippen molar-refractivity contribution in [2.24, 2.45) is 10.9 Å². The fraction of sp³-hybridized carbons (Fsp3) is 0.652. The quantitative estimate of drug-likeness (QED) is 0.403. The second kappa shape index (κ2) is 11.8. The minimum atomic E-state index is 0.128. The Kier molecular flexibility index (Phi) is 8.81. The number of hydrogen-bond donors (Lipinski definition) is 3. The summed E-state index contributed by atoms with van der Waals surface area (Å²) in [5.74, 6) is 2.64. The number of aliphatic imine (C=N–C) groups is 1. The summed E-state index contributed by atoms with van der Waals surface area (Å²) in [5, 5.41) is 9.91. The van der Waals surface area contributed by atoms with Gasteiger partial charge in [-0.2, -0.15) is 0 Å². The molecule has 30 heavy (non-hydrogen) atoms. The van der Waals surface area contributed by atoms with Crippen LogP contribution in [-0.4, -0.2) is 62.6 Å². The van der Waals surface area contributed by atoms with Gasteiger partial charge in [0, 0.05) is 44.8 Å². The molecule has 3 N–H and O–H groups in total. The van der Waals surface area contributed by atoms with Crippen LogP contribution in [0.2, 0.25) is 0 Å². The zero-order valence-corrected chi connectivity index (χ0v) is 18.5. The SMILES string of the molecule is CCCNC(=O)CN1CCC(NC(=NC)NCc2ccccc2OCC2CC2)CC1. The maximum Gasteiger partial charge on any atom is 0.234 e. The summed E-state index contributed by atoms with van der Waals surface area (Å²) in [7, 11) is 1.80. The van der Waals surface area contributed by atoms with Crippen LogP contribution in [0, 0.1) is 5.92 Å². The molecule has 0 aromatic heterocycles. The van der Waals surface area contributed by atoms with Crippen molar-refractivity contribution in [1.29, 1.82) is 0 Å². The maximum absolute atomic E-state index is 11.9. The van der Waals surface area contributed by atoms with Gasteiger partial charge in [0.1, 0.15) is 5.75 Å². The molecule has 2 fully saturated rings. The molecule has 0 unspecified atom stereocenters. The lowest BCUT2D eigenvalue weighted by Crippen LogP contribution is -2.50. The Morgan fingerprint density at radius 2 is 1.93 bits per heavy atom. The van der Waals surface area contributed by atoms with E-state index in [1.165, 1.54) is 12.8 Å². The molecule has 0 radical (unpaired) electrons. The number of rotatable bonds is 10. The number of likely N-dealkylation sites (tertiary alicyclic amines) is 1. The molecule has 1 aromatic rings. The van der Waals surface area contributed by atoms with E-state index in [0.717, 1.165) is 68.7 Å². The second-order valence-corrected chi connectivity index (χ2v) is 8.33. The summed E-state index contributed by atoms with van der Waals surface area (Å²) in [6, 6.07) is 8.58. The number of carbonyl (C=O) groups is 1. The normalized spacial score (nSPS) is 18.1. The predicted octanol–water partition coefficient (Wildman–Crippen LogP) is 2.13. The van der Waals surface area contributed by atoms with Gasteiger partial charge in [-0.05, 0) is 44.1 Å². The summed E-state index contributed by atoms with van der Waals surface area (Å²) < 4.78 is 6.01. The summed E-state index contributed by atoms with van der Waals surface area (Å²) in [5.41, 5.74) is 1.15. The number of benzene rings is 1. The molecule has 1 saturated heterocycles. The van der Waals surface area contributed by atoms with Crippen LogP contribution in [0.1, 0.15) is 44.6 Å². The third kappa shape index (κ3) is 7.52. The first-order valence-electron chi connectivity index (χ1n) is 11.3. The molecular weight excluding hydrogens is 378 g/mol. The first-order valence-corrected chi connectivity index (χ1v) is 11.3. The highest BCUT2D eigenvalue weighted by molar-refractivity contribution is 5.80. The zero-order chi connectivity index (χ0) is 21.2. The van der Waals surface area contributed by atoms with Crippen LogP contribution in [0.5, 0.6) is 5.75 Å². The Hall–Kier alpha value is -2.28. The van der Waals surface area contributed by atoms with E-state index in [1.807, 2.05) is 18.2 Å². The molecule has 1 saturated carbocycles. The van der Waals surface area contributed by atoms with E-state index in [1.54, 1.807) is 7.05 Å². The predicted molar refractivity (Wildman–Crippen MR) is 121 cm³/mol. The van der Waals surface area contributed by atoms with Gasteiger partial charge < -0.3 is 20.7 Å². The van der Waals surface area contributed by atoms with Crippen molar-refractivity contribution in [3.8, 4) is 5.75 Å².